The van der Waals surface area contributed by atoms with Crippen molar-refractivity contribution < 1.29 is 10.0 Å². The summed E-state index contributed by atoms with van der Waals surface area (Å²) in [6.45, 7) is 0.899. The van der Waals surface area contributed by atoms with E-state index in [-0.39, 0.29) is 6.04 Å². The van der Waals surface area contributed by atoms with Gasteiger partial charge in [0.05, 0.1) is 0 Å². The minimum Gasteiger partial charge on any atom is -0.427 e. The number of hydrogen-bond acceptors (Lipinski definition) is 4. The van der Waals surface area contributed by atoms with Gasteiger partial charge in [0.15, 0.2) is 0 Å². The Bertz CT molecular complexity index is 694. The summed E-state index contributed by atoms with van der Waals surface area (Å²) in [6, 6.07) is 20.1. The normalized spacial score (nSPS) is 20.2. The van der Waals surface area contributed by atoms with Crippen molar-refractivity contribution in [1.29, 1.82) is 0 Å². The molecule has 0 bridgehead atoms. The lowest BCUT2D eigenvalue weighted by Gasteiger charge is -2.20. The van der Waals surface area contributed by atoms with E-state index < -0.39 is 7.12 Å². The maximum atomic E-state index is 8.91. The maximum Gasteiger partial charge on any atom is 0.451 e. The summed E-state index contributed by atoms with van der Waals surface area (Å²) in [4.78, 5) is 0. The van der Waals surface area contributed by atoms with E-state index in [1.54, 1.807) is 0 Å². The summed E-state index contributed by atoms with van der Waals surface area (Å²) >= 11 is 0. The standard InChI is InChI=1S/C23H33BN2O2/c25-23(8-4-5-15-24(27)28)21-13-14-22(16-21)26-17-18-9-11-20(12-10-18)19-6-2-1-3-7-19/h1-3,6-7,9-12,21-23,26-28H,4-5,8,13-17,25H2/t21-,22-,23?/m0/s1. The molecule has 1 saturated carbocycles. The van der Waals surface area contributed by atoms with Crippen molar-refractivity contribution in [3.8, 4) is 11.1 Å². The first kappa shape index (κ1) is 21.1. The third-order valence-electron chi connectivity index (χ3n) is 5.98. The van der Waals surface area contributed by atoms with E-state index in [1.807, 2.05) is 6.07 Å². The van der Waals surface area contributed by atoms with Gasteiger partial charge in [0.1, 0.15) is 0 Å². The first-order chi connectivity index (χ1) is 13.6. The van der Waals surface area contributed by atoms with E-state index >= 15 is 0 Å². The van der Waals surface area contributed by atoms with Crippen LogP contribution in [0.1, 0.15) is 44.1 Å². The lowest BCUT2D eigenvalue weighted by atomic mass is 9.82. The molecule has 0 aliphatic heterocycles. The van der Waals surface area contributed by atoms with E-state index in [0.717, 1.165) is 32.2 Å². The molecule has 1 aliphatic carbocycles. The zero-order valence-corrected chi connectivity index (χ0v) is 16.6. The predicted octanol–water partition coefficient (Wildman–Crippen LogP) is 3.58. The van der Waals surface area contributed by atoms with Crippen LogP contribution in [0, 0.1) is 5.92 Å². The van der Waals surface area contributed by atoms with Crippen molar-refractivity contribution in [1.82, 2.24) is 5.32 Å². The molecular weight excluding hydrogens is 347 g/mol. The second-order valence-corrected chi connectivity index (χ2v) is 8.14. The predicted molar refractivity (Wildman–Crippen MR) is 117 cm³/mol. The zero-order valence-electron chi connectivity index (χ0n) is 16.6. The molecule has 0 saturated heterocycles. The fourth-order valence-corrected chi connectivity index (χ4v) is 4.24. The fourth-order valence-electron chi connectivity index (χ4n) is 4.24. The Labute approximate surface area is 169 Å². The van der Waals surface area contributed by atoms with Crippen LogP contribution in [0.3, 0.4) is 0 Å². The molecule has 0 radical (unpaired) electrons. The lowest BCUT2D eigenvalue weighted by molar-refractivity contribution is 0.378. The van der Waals surface area contributed by atoms with Crippen LogP contribution in [0.4, 0.5) is 0 Å². The van der Waals surface area contributed by atoms with Gasteiger partial charge in [0.2, 0.25) is 0 Å². The average molecular weight is 380 g/mol. The van der Waals surface area contributed by atoms with Gasteiger partial charge in [-0.2, -0.15) is 0 Å². The number of hydrogen-bond donors (Lipinski definition) is 4. The van der Waals surface area contributed by atoms with Crippen LogP contribution in [-0.2, 0) is 6.54 Å². The summed E-state index contributed by atoms with van der Waals surface area (Å²) < 4.78 is 0. The van der Waals surface area contributed by atoms with Gasteiger partial charge in [0.25, 0.3) is 0 Å². The number of benzene rings is 2. The molecule has 150 valence electrons. The second-order valence-electron chi connectivity index (χ2n) is 8.14. The topological polar surface area (TPSA) is 78.5 Å². The van der Waals surface area contributed by atoms with Crippen molar-refractivity contribution in [2.24, 2.45) is 11.7 Å². The minimum atomic E-state index is -1.18. The van der Waals surface area contributed by atoms with Crippen LogP contribution in [0.2, 0.25) is 6.32 Å². The highest BCUT2D eigenvalue weighted by atomic mass is 16.4. The molecule has 4 nitrogen and oxygen atoms in total. The molecule has 0 heterocycles. The van der Waals surface area contributed by atoms with Gasteiger partial charge in [-0.3, -0.25) is 0 Å². The van der Waals surface area contributed by atoms with Crippen molar-refractivity contribution in [3.63, 3.8) is 0 Å². The molecule has 1 fully saturated rings. The Morgan fingerprint density at radius 2 is 1.68 bits per heavy atom. The highest BCUT2D eigenvalue weighted by Crippen LogP contribution is 2.30. The molecule has 2 aromatic rings. The summed E-state index contributed by atoms with van der Waals surface area (Å²) in [5, 5.41) is 21.5. The van der Waals surface area contributed by atoms with Gasteiger partial charge < -0.3 is 21.1 Å². The molecule has 3 rings (SSSR count). The molecule has 28 heavy (non-hydrogen) atoms. The van der Waals surface area contributed by atoms with E-state index in [1.165, 1.54) is 29.5 Å². The second kappa shape index (κ2) is 10.8. The quantitative estimate of drug-likeness (QED) is 0.375. The van der Waals surface area contributed by atoms with Crippen LogP contribution in [0.25, 0.3) is 11.1 Å². The van der Waals surface area contributed by atoms with Crippen molar-refractivity contribution >= 4 is 7.12 Å². The van der Waals surface area contributed by atoms with E-state index in [2.05, 4.69) is 53.8 Å². The Balaban J connectivity index is 1.38. The molecule has 5 heteroatoms. The zero-order chi connectivity index (χ0) is 19.8. The van der Waals surface area contributed by atoms with Gasteiger partial charge in [-0.05, 0) is 54.6 Å². The van der Waals surface area contributed by atoms with Crippen LogP contribution in [0.15, 0.2) is 54.6 Å². The number of nitrogens with one attached hydrogen (secondary N) is 1. The lowest BCUT2D eigenvalue weighted by Crippen LogP contribution is -2.31. The molecule has 3 atom stereocenters. The van der Waals surface area contributed by atoms with Gasteiger partial charge in [-0.15, -0.1) is 0 Å². The molecule has 1 unspecified atom stereocenters. The maximum absolute atomic E-state index is 8.91. The minimum absolute atomic E-state index is 0.229. The Hall–Kier alpha value is -1.66. The third kappa shape index (κ3) is 6.45. The first-order valence-electron chi connectivity index (χ1n) is 10.6. The molecular formula is C23H33BN2O2. The Kier molecular flexibility index (Phi) is 8.10. The van der Waals surface area contributed by atoms with Gasteiger partial charge in [-0.25, -0.2) is 0 Å². The summed E-state index contributed by atoms with van der Waals surface area (Å²) in [7, 11) is -1.18. The van der Waals surface area contributed by atoms with E-state index in [4.69, 9.17) is 15.8 Å². The van der Waals surface area contributed by atoms with Gasteiger partial charge in [-0.1, -0.05) is 67.4 Å². The largest absolute Gasteiger partial charge is 0.451 e. The Morgan fingerprint density at radius 3 is 2.39 bits per heavy atom. The third-order valence-corrected chi connectivity index (χ3v) is 5.98. The SMILES string of the molecule is NC(CCCCB(O)O)[C@H]1CC[C@H](NCc2ccc(-c3ccccc3)cc2)C1. The number of rotatable bonds is 10. The summed E-state index contributed by atoms with van der Waals surface area (Å²) in [5.41, 5.74) is 10.2. The van der Waals surface area contributed by atoms with Gasteiger partial charge in [0, 0.05) is 18.6 Å². The van der Waals surface area contributed by atoms with Crippen molar-refractivity contribution in [2.45, 2.75) is 63.5 Å². The highest BCUT2D eigenvalue weighted by molar-refractivity contribution is 6.40. The Morgan fingerprint density at radius 1 is 0.964 bits per heavy atom. The summed E-state index contributed by atoms with van der Waals surface area (Å²) in [5.74, 6) is 0.581. The smallest absolute Gasteiger partial charge is 0.427 e. The van der Waals surface area contributed by atoms with Crippen LogP contribution in [-0.4, -0.2) is 29.3 Å². The fraction of sp³-hybridized carbons (Fsp3) is 0.478. The molecule has 1 aliphatic rings. The highest BCUT2D eigenvalue weighted by Gasteiger charge is 2.28. The molecule has 0 spiro atoms. The summed E-state index contributed by atoms with van der Waals surface area (Å²) in [6.07, 6.45) is 6.76. The molecule has 2 aromatic carbocycles. The van der Waals surface area contributed by atoms with Crippen molar-refractivity contribution in [2.75, 3.05) is 0 Å². The van der Waals surface area contributed by atoms with Crippen LogP contribution in [0.5, 0.6) is 0 Å². The van der Waals surface area contributed by atoms with E-state index in [9.17, 15) is 0 Å². The van der Waals surface area contributed by atoms with Crippen LogP contribution < -0.4 is 11.1 Å². The molecule has 5 N–H and O–H groups in total. The average Bonchev–Trinajstić information content (AvgIpc) is 3.20. The van der Waals surface area contributed by atoms with Crippen LogP contribution >= 0.6 is 0 Å². The van der Waals surface area contributed by atoms with Crippen molar-refractivity contribution in [3.05, 3.63) is 60.2 Å². The van der Waals surface area contributed by atoms with E-state index in [0.29, 0.717) is 18.3 Å². The first-order valence-corrected chi connectivity index (χ1v) is 10.6. The van der Waals surface area contributed by atoms with Gasteiger partial charge >= 0.3 is 7.12 Å². The molecule has 0 amide bonds. The molecule has 0 aromatic heterocycles. The number of nitrogens with two attached hydrogens (primary N) is 1. The number of unbranched alkanes of at least 4 members (excludes halogenated alkanes) is 1. The monoisotopic (exact) mass is 380 g/mol.